The zero-order valence-corrected chi connectivity index (χ0v) is 18.7. The molecule has 1 aromatic carbocycles. The molecule has 0 bridgehead atoms. The van der Waals surface area contributed by atoms with E-state index in [9.17, 15) is 13.2 Å². The van der Waals surface area contributed by atoms with Crippen LogP contribution in [0.25, 0.3) is 0 Å². The smallest absolute Gasteiger partial charge is 0.254 e. The molecule has 0 spiro atoms. The first-order valence-corrected chi connectivity index (χ1v) is 11.8. The molecular formula is C20H23N5O3S2. The molecule has 10 heteroatoms. The second-order valence-corrected chi connectivity index (χ2v) is 10.3. The third-order valence-electron chi connectivity index (χ3n) is 5.40. The van der Waals surface area contributed by atoms with Gasteiger partial charge < -0.3 is 9.47 Å². The number of hydrogen-bond acceptors (Lipinski definition) is 6. The van der Waals surface area contributed by atoms with Crippen molar-refractivity contribution in [1.29, 1.82) is 0 Å². The summed E-state index contributed by atoms with van der Waals surface area (Å²) in [5.41, 5.74) is 1.38. The highest BCUT2D eigenvalue weighted by Gasteiger charge is 2.29. The molecule has 1 amide bonds. The lowest BCUT2D eigenvalue weighted by Gasteiger charge is -2.26. The van der Waals surface area contributed by atoms with E-state index in [2.05, 4.69) is 10.2 Å². The van der Waals surface area contributed by atoms with Gasteiger partial charge in [-0.15, -0.1) is 21.5 Å². The Morgan fingerprint density at radius 1 is 1.27 bits per heavy atom. The Hall–Kier alpha value is -2.56. The van der Waals surface area contributed by atoms with Crippen molar-refractivity contribution in [2.24, 2.45) is 7.05 Å². The highest BCUT2D eigenvalue weighted by atomic mass is 32.2. The maximum absolute atomic E-state index is 13.2. The van der Waals surface area contributed by atoms with Crippen molar-refractivity contribution in [3.05, 3.63) is 63.4 Å². The van der Waals surface area contributed by atoms with Crippen molar-refractivity contribution < 1.29 is 13.2 Å². The lowest BCUT2D eigenvalue weighted by Crippen LogP contribution is -2.35. The molecule has 4 rings (SSSR count). The number of aryl methyl sites for hydroxylation is 1. The normalized spacial score (nSPS) is 14.5. The monoisotopic (exact) mass is 445 g/mol. The molecular weight excluding hydrogens is 422 g/mol. The highest BCUT2D eigenvalue weighted by molar-refractivity contribution is 7.89. The van der Waals surface area contributed by atoms with E-state index in [-0.39, 0.29) is 17.3 Å². The van der Waals surface area contributed by atoms with E-state index < -0.39 is 10.0 Å². The fourth-order valence-corrected chi connectivity index (χ4v) is 5.81. The Balaban J connectivity index is 1.54. The summed E-state index contributed by atoms with van der Waals surface area (Å²) in [5.74, 6) is 1.15. The average Bonchev–Trinajstić information content (AvgIpc) is 3.34. The van der Waals surface area contributed by atoms with Crippen LogP contribution in [0.1, 0.15) is 32.4 Å². The highest BCUT2D eigenvalue weighted by Crippen LogP contribution is 2.28. The first-order chi connectivity index (χ1) is 14.3. The van der Waals surface area contributed by atoms with E-state index >= 15 is 0 Å². The van der Waals surface area contributed by atoms with Crippen molar-refractivity contribution in [3.8, 4) is 0 Å². The molecule has 0 N–H and O–H groups in total. The van der Waals surface area contributed by atoms with Crippen molar-refractivity contribution in [2.75, 3.05) is 13.6 Å². The molecule has 1 aliphatic heterocycles. The van der Waals surface area contributed by atoms with Crippen molar-refractivity contribution in [1.82, 2.24) is 24.0 Å². The molecule has 0 unspecified atom stereocenters. The van der Waals surface area contributed by atoms with E-state index in [1.54, 1.807) is 36.6 Å². The molecule has 0 atom stereocenters. The summed E-state index contributed by atoms with van der Waals surface area (Å²) >= 11 is 1.66. The molecule has 30 heavy (non-hydrogen) atoms. The summed E-state index contributed by atoms with van der Waals surface area (Å²) in [7, 11) is -0.182. The number of amides is 1. The summed E-state index contributed by atoms with van der Waals surface area (Å²) in [6, 6.07) is 8.22. The average molecular weight is 446 g/mol. The van der Waals surface area contributed by atoms with Crippen LogP contribution in [0.2, 0.25) is 0 Å². The quantitative estimate of drug-likeness (QED) is 0.601. The fourth-order valence-electron chi connectivity index (χ4n) is 3.46. The van der Waals surface area contributed by atoms with Crippen LogP contribution in [0, 0.1) is 6.92 Å². The minimum Gasteiger partial charge on any atom is -0.334 e. The maximum atomic E-state index is 13.2. The Morgan fingerprint density at radius 3 is 2.80 bits per heavy atom. The number of carbonyl (C=O) groups excluding carboxylic acids is 1. The van der Waals surface area contributed by atoms with Gasteiger partial charge in [0.1, 0.15) is 5.82 Å². The lowest BCUT2D eigenvalue weighted by molar-refractivity contribution is 0.0780. The van der Waals surface area contributed by atoms with E-state index in [4.69, 9.17) is 0 Å². The first kappa shape index (κ1) is 20.7. The van der Waals surface area contributed by atoms with Gasteiger partial charge in [-0.2, -0.15) is 4.31 Å². The van der Waals surface area contributed by atoms with Crippen LogP contribution < -0.4 is 0 Å². The molecule has 0 aliphatic carbocycles. The molecule has 3 aromatic rings. The lowest BCUT2D eigenvalue weighted by atomic mass is 10.1. The number of fused-ring (bicyclic) bond motifs is 1. The minimum absolute atomic E-state index is 0.134. The summed E-state index contributed by atoms with van der Waals surface area (Å²) in [4.78, 5) is 15.8. The Kier molecular flexibility index (Phi) is 5.48. The molecule has 158 valence electrons. The second kappa shape index (κ2) is 7.93. The SMILES string of the molecule is Cc1nnc(CN(C)C(=O)c2cccc(S(=O)(=O)N3CCc4sccc4C3)c2)n1C. The molecule has 8 nitrogen and oxygen atoms in total. The van der Waals surface area contributed by atoms with Crippen LogP contribution >= 0.6 is 11.3 Å². The van der Waals surface area contributed by atoms with Gasteiger partial charge in [-0.3, -0.25) is 4.79 Å². The van der Waals surface area contributed by atoms with Gasteiger partial charge in [0, 0.05) is 37.6 Å². The van der Waals surface area contributed by atoms with E-state index in [1.807, 2.05) is 30.0 Å². The van der Waals surface area contributed by atoms with Crippen LogP contribution in [-0.4, -0.2) is 51.9 Å². The molecule has 3 heterocycles. The van der Waals surface area contributed by atoms with Gasteiger partial charge in [-0.05, 0) is 48.6 Å². The predicted octanol–water partition coefficient (Wildman–Crippen LogP) is 2.20. The van der Waals surface area contributed by atoms with Crippen LogP contribution in [0.4, 0.5) is 0 Å². The third kappa shape index (κ3) is 3.78. The number of benzene rings is 1. The zero-order valence-electron chi connectivity index (χ0n) is 17.1. The molecule has 0 fully saturated rings. The summed E-state index contributed by atoms with van der Waals surface area (Å²) < 4.78 is 29.7. The Labute approximate surface area is 179 Å². The summed E-state index contributed by atoms with van der Waals surface area (Å²) in [6.07, 6.45) is 0.713. The van der Waals surface area contributed by atoms with Crippen LogP contribution in [0.5, 0.6) is 0 Å². The standard InChI is InChI=1S/C20H23N5O3S2/c1-14-21-22-19(24(14)3)13-23(2)20(26)15-5-4-6-17(11-15)30(27,28)25-9-7-18-16(12-25)8-10-29-18/h4-6,8,10-11H,7,9,12-13H2,1-3H3. The van der Waals surface area contributed by atoms with Crippen molar-refractivity contribution >= 4 is 27.3 Å². The number of nitrogens with zero attached hydrogens (tertiary/aromatic N) is 5. The fraction of sp³-hybridized carbons (Fsp3) is 0.350. The van der Waals surface area contributed by atoms with Gasteiger partial charge in [-0.25, -0.2) is 8.42 Å². The topological polar surface area (TPSA) is 88.4 Å². The van der Waals surface area contributed by atoms with Gasteiger partial charge in [0.15, 0.2) is 5.82 Å². The summed E-state index contributed by atoms with van der Waals surface area (Å²) in [6.45, 7) is 2.93. The first-order valence-electron chi connectivity index (χ1n) is 9.53. The number of rotatable bonds is 5. The van der Waals surface area contributed by atoms with Gasteiger partial charge in [0.2, 0.25) is 10.0 Å². The van der Waals surface area contributed by atoms with Gasteiger partial charge >= 0.3 is 0 Å². The van der Waals surface area contributed by atoms with Gasteiger partial charge in [0.05, 0.1) is 11.4 Å². The second-order valence-electron chi connectivity index (χ2n) is 7.37. The van der Waals surface area contributed by atoms with Crippen molar-refractivity contribution in [3.63, 3.8) is 0 Å². The zero-order chi connectivity index (χ0) is 21.5. The molecule has 0 saturated carbocycles. The Morgan fingerprint density at radius 2 is 2.07 bits per heavy atom. The van der Waals surface area contributed by atoms with Gasteiger partial charge in [0.25, 0.3) is 5.91 Å². The molecule has 0 radical (unpaired) electrons. The summed E-state index contributed by atoms with van der Waals surface area (Å²) in [5, 5.41) is 10.1. The predicted molar refractivity (Wildman–Crippen MR) is 114 cm³/mol. The van der Waals surface area contributed by atoms with Crippen LogP contribution in [0.15, 0.2) is 40.6 Å². The number of aromatic nitrogens is 3. The largest absolute Gasteiger partial charge is 0.334 e. The molecule has 0 saturated heterocycles. The van der Waals surface area contributed by atoms with Crippen LogP contribution in [0.3, 0.4) is 0 Å². The Bertz CT molecular complexity index is 1200. The van der Waals surface area contributed by atoms with Gasteiger partial charge in [-0.1, -0.05) is 6.07 Å². The number of sulfonamides is 1. The molecule has 1 aliphatic rings. The van der Waals surface area contributed by atoms with E-state index in [0.29, 0.717) is 30.9 Å². The van der Waals surface area contributed by atoms with E-state index in [0.717, 1.165) is 11.4 Å². The number of carbonyl (C=O) groups is 1. The molecule has 2 aromatic heterocycles. The van der Waals surface area contributed by atoms with Crippen molar-refractivity contribution in [2.45, 2.75) is 31.3 Å². The van der Waals surface area contributed by atoms with E-state index in [1.165, 1.54) is 20.1 Å². The number of thiophene rings is 1. The maximum Gasteiger partial charge on any atom is 0.254 e. The van der Waals surface area contributed by atoms with Crippen LogP contribution in [-0.2, 0) is 36.6 Å². The number of hydrogen-bond donors (Lipinski definition) is 0. The minimum atomic E-state index is -3.69. The third-order valence-corrected chi connectivity index (χ3v) is 8.26.